The number of carbonyl (C=O) groups is 1. The number of Topliss-reactive ketones (excluding diaryl/α,β-unsaturated/α-hetero) is 1. The Hall–Kier alpha value is -0.930. The lowest BCUT2D eigenvalue weighted by Gasteiger charge is -2.61. The first-order valence-electron chi connectivity index (χ1n) is 13.5. The molecule has 0 aromatic carbocycles. The van der Waals surface area contributed by atoms with Crippen molar-refractivity contribution in [1.29, 1.82) is 0 Å². The van der Waals surface area contributed by atoms with Crippen LogP contribution in [0.15, 0.2) is 23.3 Å². The fourth-order valence-electron chi connectivity index (χ4n) is 9.27. The highest BCUT2D eigenvalue weighted by Gasteiger charge is 2.65. The first kappa shape index (κ1) is 25.2. The van der Waals surface area contributed by atoms with Gasteiger partial charge in [0.1, 0.15) is 5.78 Å². The van der Waals surface area contributed by atoms with Crippen LogP contribution in [0.3, 0.4) is 0 Å². The van der Waals surface area contributed by atoms with Gasteiger partial charge in [-0.3, -0.25) is 4.79 Å². The lowest BCUT2D eigenvalue weighted by atomic mass is 9.43. The molecule has 4 aliphatic rings. The van der Waals surface area contributed by atoms with Gasteiger partial charge in [-0.2, -0.15) is 0 Å². The molecule has 0 amide bonds. The largest absolute Gasteiger partial charge is 0.389 e. The monoisotopic (exact) mass is 456 g/mol. The van der Waals surface area contributed by atoms with Crippen LogP contribution in [0, 0.1) is 39.4 Å². The molecule has 2 fully saturated rings. The Kier molecular flexibility index (Phi) is 6.14. The number of allylic oxidation sites excluding steroid dienone is 1. The molecule has 0 aromatic rings. The molecule has 0 heterocycles. The quantitative estimate of drug-likeness (QED) is 0.457. The predicted octanol–water partition coefficient (Wildman–Crippen LogP) is 6.63. The number of ketones is 1. The fraction of sp³-hybridized carbons (Fsp3) is 0.833. The summed E-state index contributed by atoms with van der Waals surface area (Å²) in [4.78, 5) is 12.8. The molecule has 0 aromatic heterocycles. The Morgan fingerprint density at radius 3 is 2.39 bits per heavy atom. The van der Waals surface area contributed by atoms with Crippen molar-refractivity contribution in [2.45, 2.75) is 118 Å². The summed E-state index contributed by atoms with van der Waals surface area (Å²) in [5, 5.41) is 21.9. The molecule has 2 N–H and O–H groups in total. The van der Waals surface area contributed by atoms with Gasteiger partial charge in [0, 0.05) is 11.8 Å². The molecule has 0 saturated heterocycles. The highest BCUT2D eigenvalue weighted by molar-refractivity contribution is 5.85. The summed E-state index contributed by atoms with van der Waals surface area (Å²) in [5.41, 5.74) is 3.60. The minimum atomic E-state index is -0.424. The van der Waals surface area contributed by atoms with E-state index in [9.17, 15) is 15.0 Å². The van der Waals surface area contributed by atoms with E-state index < -0.39 is 12.2 Å². The van der Waals surface area contributed by atoms with Gasteiger partial charge in [-0.25, -0.2) is 0 Å². The van der Waals surface area contributed by atoms with Gasteiger partial charge in [0.05, 0.1) is 12.2 Å². The Labute approximate surface area is 202 Å². The lowest BCUT2D eigenvalue weighted by Crippen LogP contribution is -2.57. The molecular formula is C30H48O3. The maximum absolute atomic E-state index is 12.8. The molecule has 0 spiro atoms. The van der Waals surface area contributed by atoms with Gasteiger partial charge in [-0.15, -0.1) is 0 Å². The fourth-order valence-corrected chi connectivity index (χ4v) is 9.27. The van der Waals surface area contributed by atoms with Gasteiger partial charge in [-0.05, 0) is 97.9 Å². The van der Waals surface area contributed by atoms with Crippen molar-refractivity contribution in [3.63, 3.8) is 0 Å². The van der Waals surface area contributed by atoms with Crippen LogP contribution in [-0.4, -0.2) is 28.2 Å². The average molecular weight is 457 g/mol. The summed E-state index contributed by atoms with van der Waals surface area (Å²) in [6.07, 6.45) is 7.90. The third kappa shape index (κ3) is 3.46. The van der Waals surface area contributed by atoms with E-state index in [1.54, 1.807) is 0 Å². The van der Waals surface area contributed by atoms with E-state index in [4.69, 9.17) is 0 Å². The SMILES string of the molecule is C=C(C)[C@@H](O)CC[C@@H](C)[C@H]1CC[C@@]2(C)C3=C(CC[C@]12C)[C@@]1(C)CCC(=O)C(C)(C)[C@@H]1C[C@H]3O. The van der Waals surface area contributed by atoms with E-state index in [0.717, 1.165) is 44.1 Å². The summed E-state index contributed by atoms with van der Waals surface area (Å²) in [5.74, 6) is 1.76. The van der Waals surface area contributed by atoms with Gasteiger partial charge >= 0.3 is 0 Å². The second-order valence-corrected chi connectivity index (χ2v) is 13.6. The lowest BCUT2D eigenvalue weighted by molar-refractivity contribution is -0.141. The maximum Gasteiger partial charge on any atom is 0.138 e. The third-order valence-electron chi connectivity index (χ3n) is 11.7. The summed E-state index contributed by atoms with van der Waals surface area (Å²) >= 11 is 0. The number of aliphatic hydroxyl groups excluding tert-OH is 2. The molecule has 4 aliphatic carbocycles. The Balaban J connectivity index is 1.68. The Morgan fingerprint density at radius 2 is 1.76 bits per heavy atom. The Morgan fingerprint density at radius 1 is 1.09 bits per heavy atom. The van der Waals surface area contributed by atoms with Gasteiger partial charge < -0.3 is 10.2 Å². The first-order chi connectivity index (χ1) is 15.2. The third-order valence-corrected chi connectivity index (χ3v) is 11.7. The zero-order chi connectivity index (χ0) is 24.6. The van der Waals surface area contributed by atoms with E-state index in [-0.39, 0.29) is 27.6 Å². The number of hydrogen-bond donors (Lipinski definition) is 2. The van der Waals surface area contributed by atoms with Crippen LogP contribution in [-0.2, 0) is 4.79 Å². The molecule has 4 rings (SSSR count). The molecule has 0 bridgehead atoms. The van der Waals surface area contributed by atoms with Crippen molar-refractivity contribution in [2.75, 3.05) is 0 Å². The Bertz CT molecular complexity index is 868. The zero-order valence-electron chi connectivity index (χ0n) is 22.3. The number of hydrogen-bond acceptors (Lipinski definition) is 3. The molecule has 2 saturated carbocycles. The van der Waals surface area contributed by atoms with E-state index >= 15 is 0 Å². The highest BCUT2D eigenvalue weighted by Crippen LogP contribution is 2.72. The van der Waals surface area contributed by atoms with Crippen LogP contribution in [0.2, 0.25) is 0 Å². The van der Waals surface area contributed by atoms with Crippen LogP contribution >= 0.6 is 0 Å². The first-order valence-corrected chi connectivity index (χ1v) is 13.5. The number of carbonyl (C=O) groups excluding carboxylic acids is 1. The second kappa shape index (κ2) is 8.05. The predicted molar refractivity (Wildman–Crippen MR) is 135 cm³/mol. The average Bonchev–Trinajstić information content (AvgIpc) is 3.02. The summed E-state index contributed by atoms with van der Waals surface area (Å²) < 4.78 is 0. The molecule has 3 heteroatoms. The highest BCUT2D eigenvalue weighted by atomic mass is 16.3. The standard InChI is InChI=1S/C30H48O3/c1-18(2)22(31)10-9-19(3)20-11-16-30(8)26-21(12-15-29(20,30)7)28(6)14-13-25(33)27(4,5)24(28)17-23(26)32/h19-20,22-24,31-32H,1,9-17H2,2-8H3/t19-,20-,22+,23-,24+,28-,29-,30+/m1/s1. The molecule has 3 nitrogen and oxygen atoms in total. The van der Waals surface area contributed by atoms with Crippen molar-refractivity contribution >= 4 is 5.78 Å². The molecule has 8 atom stereocenters. The molecule has 33 heavy (non-hydrogen) atoms. The maximum atomic E-state index is 12.8. The summed E-state index contributed by atoms with van der Waals surface area (Å²) in [6.45, 7) is 19.8. The second-order valence-electron chi connectivity index (χ2n) is 13.6. The van der Waals surface area contributed by atoms with Crippen LogP contribution in [0.1, 0.15) is 106 Å². The van der Waals surface area contributed by atoms with Crippen LogP contribution in [0.4, 0.5) is 0 Å². The minimum Gasteiger partial charge on any atom is -0.389 e. The van der Waals surface area contributed by atoms with Gasteiger partial charge in [0.15, 0.2) is 0 Å². The van der Waals surface area contributed by atoms with Crippen molar-refractivity contribution in [2.24, 2.45) is 39.4 Å². The van der Waals surface area contributed by atoms with Gasteiger partial charge in [0.2, 0.25) is 0 Å². The van der Waals surface area contributed by atoms with Crippen molar-refractivity contribution in [3.8, 4) is 0 Å². The van der Waals surface area contributed by atoms with Crippen molar-refractivity contribution in [3.05, 3.63) is 23.3 Å². The normalized spacial score (nSPS) is 44.0. The summed E-state index contributed by atoms with van der Waals surface area (Å²) in [6, 6.07) is 0. The number of rotatable bonds is 5. The van der Waals surface area contributed by atoms with Crippen LogP contribution in [0.5, 0.6) is 0 Å². The molecule has 186 valence electrons. The van der Waals surface area contributed by atoms with E-state index in [2.05, 4.69) is 48.1 Å². The molecular weight excluding hydrogens is 408 g/mol. The van der Waals surface area contributed by atoms with E-state index in [1.807, 2.05) is 6.92 Å². The zero-order valence-corrected chi connectivity index (χ0v) is 22.3. The van der Waals surface area contributed by atoms with Gasteiger partial charge in [0.25, 0.3) is 0 Å². The van der Waals surface area contributed by atoms with Crippen LogP contribution < -0.4 is 0 Å². The smallest absolute Gasteiger partial charge is 0.138 e. The van der Waals surface area contributed by atoms with Crippen LogP contribution in [0.25, 0.3) is 0 Å². The molecule has 0 aliphatic heterocycles. The van der Waals surface area contributed by atoms with Crippen molar-refractivity contribution < 1.29 is 15.0 Å². The molecule has 0 unspecified atom stereocenters. The summed E-state index contributed by atoms with van der Waals surface area (Å²) in [7, 11) is 0. The molecule has 0 radical (unpaired) electrons. The van der Waals surface area contributed by atoms with Gasteiger partial charge in [-0.1, -0.05) is 59.3 Å². The topological polar surface area (TPSA) is 57.5 Å². The number of aliphatic hydroxyl groups is 2. The minimum absolute atomic E-state index is 0.0193. The van der Waals surface area contributed by atoms with E-state index in [1.165, 1.54) is 24.0 Å². The number of fused-ring (bicyclic) bond motifs is 4. The van der Waals surface area contributed by atoms with E-state index in [0.29, 0.717) is 24.0 Å². The van der Waals surface area contributed by atoms with Crippen molar-refractivity contribution in [1.82, 2.24) is 0 Å².